The van der Waals surface area contributed by atoms with E-state index in [0.29, 0.717) is 11.8 Å². The molecular weight excluding hydrogens is 252 g/mol. The highest BCUT2D eigenvalue weighted by Crippen LogP contribution is 2.35. The second kappa shape index (κ2) is 5.09. The fourth-order valence-electron chi connectivity index (χ4n) is 3.50. The predicted molar refractivity (Wildman–Crippen MR) is 78.6 cm³/mol. The molecule has 4 nitrogen and oxygen atoms in total. The first-order valence-corrected chi connectivity index (χ1v) is 7.40. The lowest BCUT2D eigenvalue weighted by Gasteiger charge is -2.31. The zero-order chi connectivity index (χ0) is 14.3. The van der Waals surface area contributed by atoms with Crippen LogP contribution in [-0.2, 0) is 4.79 Å². The van der Waals surface area contributed by atoms with Crippen molar-refractivity contribution in [2.24, 2.45) is 17.6 Å². The molecule has 1 fully saturated rings. The molecule has 1 heterocycles. The van der Waals surface area contributed by atoms with Crippen LogP contribution in [0.25, 0.3) is 0 Å². The zero-order valence-corrected chi connectivity index (χ0v) is 12.1. The fourth-order valence-corrected chi connectivity index (χ4v) is 3.50. The molecule has 1 aromatic rings. The minimum absolute atomic E-state index is 0.142. The van der Waals surface area contributed by atoms with Gasteiger partial charge in [0, 0.05) is 17.3 Å². The molecule has 1 saturated carbocycles. The molecule has 0 saturated heterocycles. The fraction of sp³-hybridized carbons (Fsp3) is 0.562. The quantitative estimate of drug-likeness (QED) is 0.871. The summed E-state index contributed by atoms with van der Waals surface area (Å²) in [5.41, 5.74) is 7.45. The number of fused-ring (bicyclic) bond motifs is 1. The number of anilines is 1. The number of hydrogen-bond donors (Lipinski definition) is 2. The lowest BCUT2D eigenvalue weighted by atomic mass is 9.82. The summed E-state index contributed by atoms with van der Waals surface area (Å²) < 4.78 is 6.10. The van der Waals surface area contributed by atoms with Crippen LogP contribution in [-0.4, -0.2) is 12.0 Å². The second-order valence-corrected chi connectivity index (χ2v) is 6.37. The summed E-state index contributed by atoms with van der Waals surface area (Å²) in [5.74, 6) is 2.11. The van der Waals surface area contributed by atoms with E-state index in [9.17, 15) is 4.79 Å². The van der Waals surface area contributed by atoms with Gasteiger partial charge in [0.2, 0.25) is 5.91 Å². The Morgan fingerprint density at radius 1 is 1.20 bits per heavy atom. The Balaban J connectivity index is 1.73. The van der Waals surface area contributed by atoms with Crippen molar-refractivity contribution in [3.8, 4) is 5.75 Å². The number of hydrogen-bond acceptors (Lipinski definition) is 3. The molecule has 0 bridgehead atoms. The SMILES string of the molecule is CC1CC(C)CC(Oc2ccc3c(c2)NC(=O)C3N)C1. The summed E-state index contributed by atoms with van der Waals surface area (Å²) in [7, 11) is 0. The molecule has 3 unspecified atom stereocenters. The Bertz CT molecular complexity index is 519. The maximum atomic E-state index is 11.5. The Morgan fingerprint density at radius 2 is 1.90 bits per heavy atom. The number of amides is 1. The molecule has 3 N–H and O–H groups in total. The van der Waals surface area contributed by atoms with Crippen LogP contribution in [0.15, 0.2) is 18.2 Å². The van der Waals surface area contributed by atoms with Gasteiger partial charge in [-0.1, -0.05) is 19.9 Å². The average Bonchev–Trinajstić information content (AvgIpc) is 2.63. The molecule has 0 spiro atoms. The molecule has 2 aliphatic rings. The highest BCUT2D eigenvalue weighted by atomic mass is 16.5. The average molecular weight is 274 g/mol. The highest BCUT2D eigenvalue weighted by molar-refractivity contribution is 6.02. The third kappa shape index (κ3) is 2.52. The van der Waals surface area contributed by atoms with Gasteiger partial charge in [-0.15, -0.1) is 0 Å². The molecule has 1 aromatic carbocycles. The van der Waals surface area contributed by atoms with Crippen LogP contribution in [0, 0.1) is 11.8 Å². The van der Waals surface area contributed by atoms with Crippen molar-refractivity contribution in [3.63, 3.8) is 0 Å². The van der Waals surface area contributed by atoms with Crippen LogP contribution in [0.2, 0.25) is 0 Å². The molecule has 3 atom stereocenters. The Kier molecular flexibility index (Phi) is 3.42. The highest BCUT2D eigenvalue weighted by Gasteiger charge is 2.28. The summed E-state index contributed by atoms with van der Waals surface area (Å²) in [5, 5.41) is 2.80. The Hall–Kier alpha value is -1.55. The van der Waals surface area contributed by atoms with Crippen LogP contribution < -0.4 is 15.8 Å². The molecular formula is C16H22N2O2. The van der Waals surface area contributed by atoms with Crippen molar-refractivity contribution < 1.29 is 9.53 Å². The molecule has 0 aromatic heterocycles. The first kappa shape index (κ1) is 13.4. The van der Waals surface area contributed by atoms with E-state index in [1.807, 2.05) is 18.2 Å². The Labute approximate surface area is 119 Å². The molecule has 4 heteroatoms. The zero-order valence-electron chi connectivity index (χ0n) is 12.1. The third-order valence-corrected chi connectivity index (χ3v) is 4.34. The lowest BCUT2D eigenvalue weighted by molar-refractivity contribution is -0.116. The minimum Gasteiger partial charge on any atom is -0.490 e. The third-order valence-electron chi connectivity index (χ3n) is 4.34. The molecule has 3 rings (SSSR count). The van der Waals surface area contributed by atoms with Gasteiger partial charge in [0.05, 0.1) is 6.10 Å². The van der Waals surface area contributed by atoms with Crippen LogP contribution in [0.4, 0.5) is 5.69 Å². The van der Waals surface area contributed by atoms with Crippen molar-refractivity contribution in [3.05, 3.63) is 23.8 Å². The van der Waals surface area contributed by atoms with E-state index in [0.717, 1.165) is 29.8 Å². The van der Waals surface area contributed by atoms with E-state index >= 15 is 0 Å². The van der Waals surface area contributed by atoms with Crippen LogP contribution in [0.5, 0.6) is 5.75 Å². The van der Waals surface area contributed by atoms with Crippen molar-refractivity contribution >= 4 is 11.6 Å². The summed E-state index contributed by atoms with van der Waals surface area (Å²) in [6.07, 6.45) is 3.77. The van der Waals surface area contributed by atoms with E-state index < -0.39 is 6.04 Å². The second-order valence-electron chi connectivity index (χ2n) is 6.37. The number of ether oxygens (including phenoxy) is 1. The first-order chi connectivity index (χ1) is 9.52. The molecule has 1 aliphatic heterocycles. The summed E-state index contributed by atoms with van der Waals surface area (Å²) >= 11 is 0. The number of rotatable bonds is 2. The number of nitrogens with one attached hydrogen (secondary N) is 1. The van der Waals surface area contributed by atoms with Gasteiger partial charge < -0.3 is 15.8 Å². The maximum absolute atomic E-state index is 11.5. The standard InChI is InChI=1S/C16H22N2O2/c1-9-5-10(2)7-12(6-9)20-11-3-4-13-14(8-11)18-16(19)15(13)17/h3-4,8-10,12,15H,5-7,17H2,1-2H3,(H,18,19). The van der Waals surface area contributed by atoms with Crippen LogP contribution in [0.1, 0.15) is 44.7 Å². The summed E-state index contributed by atoms with van der Waals surface area (Å²) in [4.78, 5) is 11.5. The molecule has 1 amide bonds. The molecule has 0 radical (unpaired) electrons. The van der Waals surface area contributed by atoms with Crippen molar-refractivity contribution in [2.45, 2.75) is 45.3 Å². The van der Waals surface area contributed by atoms with E-state index in [1.54, 1.807) is 0 Å². The van der Waals surface area contributed by atoms with Gasteiger partial charge in [-0.25, -0.2) is 0 Å². The number of carbonyl (C=O) groups excluding carboxylic acids is 1. The topological polar surface area (TPSA) is 64.3 Å². The van der Waals surface area contributed by atoms with Crippen LogP contribution >= 0.6 is 0 Å². The molecule has 20 heavy (non-hydrogen) atoms. The van der Waals surface area contributed by atoms with Gasteiger partial charge >= 0.3 is 0 Å². The van der Waals surface area contributed by atoms with E-state index in [1.165, 1.54) is 6.42 Å². The summed E-state index contributed by atoms with van der Waals surface area (Å²) in [6.45, 7) is 4.57. The largest absolute Gasteiger partial charge is 0.490 e. The van der Waals surface area contributed by atoms with Crippen molar-refractivity contribution in [2.75, 3.05) is 5.32 Å². The molecule has 108 valence electrons. The normalized spacial score (nSPS) is 32.6. The number of carbonyl (C=O) groups is 1. The van der Waals surface area contributed by atoms with Gasteiger partial charge in [-0.3, -0.25) is 4.79 Å². The van der Waals surface area contributed by atoms with E-state index in [-0.39, 0.29) is 12.0 Å². The van der Waals surface area contributed by atoms with Crippen molar-refractivity contribution in [1.29, 1.82) is 0 Å². The number of nitrogens with two attached hydrogens (primary N) is 1. The van der Waals surface area contributed by atoms with E-state index in [2.05, 4.69) is 19.2 Å². The van der Waals surface area contributed by atoms with Gasteiger partial charge in [-0.2, -0.15) is 0 Å². The van der Waals surface area contributed by atoms with Crippen molar-refractivity contribution in [1.82, 2.24) is 0 Å². The van der Waals surface area contributed by atoms with Gasteiger partial charge in [0.1, 0.15) is 11.8 Å². The molecule has 1 aliphatic carbocycles. The maximum Gasteiger partial charge on any atom is 0.245 e. The van der Waals surface area contributed by atoms with Crippen LogP contribution in [0.3, 0.4) is 0 Å². The summed E-state index contributed by atoms with van der Waals surface area (Å²) in [6, 6.07) is 5.16. The van der Waals surface area contributed by atoms with Gasteiger partial charge in [-0.05, 0) is 37.2 Å². The van der Waals surface area contributed by atoms with Gasteiger partial charge in [0.25, 0.3) is 0 Å². The minimum atomic E-state index is -0.547. The van der Waals surface area contributed by atoms with Gasteiger partial charge in [0.15, 0.2) is 0 Å². The monoisotopic (exact) mass is 274 g/mol. The number of benzene rings is 1. The predicted octanol–water partition coefficient (Wildman–Crippen LogP) is 2.84. The smallest absolute Gasteiger partial charge is 0.245 e. The first-order valence-electron chi connectivity index (χ1n) is 7.40. The Morgan fingerprint density at radius 3 is 2.60 bits per heavy atom. The van der Waals surface area contributed by atoms with E-state index in [4.69, 9.17) is 10.5 Å². The lowest BCUT2D eigenvalue weighted by Crippen LogP contribution is -2.28.